The molecule has 0 bridgehead atoms. The highest BCUT2D eigenvalue weighted by atomic mass is 19.1. The minimum absolute atomic E-state index is 0.102. The van der Waals surface area contributed by atoms with E-state index < -0.39 is 0 Å². The van der Waals surface area contributed by atoms with E-state index in [1.54, 1.807) is 18.3 Å². The number of aromatic nitrogens is 4. The standard InChI is InChI=1S/C11H9FN6/c12-7-3-1-6(2-4-7)8-5-15-11-16-10(14)17-18(11)9(8)13/h1-5H,13H2,(H2,14,17). The smallest absolute Gasteiger partial charge is 0.255 e. The molecule has 0 amide bonds. The molecule has 3 rings (SSSR count). The molecule has 0 aliphatic carbocycles. The third-order valence-electron chi connectivity index (χ3n) is 2.57. The molecule has 7 heteroatoms. The lowest BCUT2D eigenvalue weighted by Crippen LogP contribution is -2.03. The monoisotopic (exact) mass is 244 g/mol. The molecule has 2 heterocycles. The molecule has 0 spiro atoms. The quantitative estimate of drug-likeness (QED) is 0.668. The van der Waals surface area contributed by atoms with E-state index in [0.717, 1.165) is 5.56 Å². The van der Waals surface area contributed by atoms with Crippen LogP contribution in [0.25, 0.3) is 16.9 Å². The van der Waals surface area contributed by atoms with Gasteiger partial charge >= 0.3 is 0 Å². The van der Waals surface area contributed by atoms with Crippen molar-refractivity contribution in [1.82, 2.24) is 19.6 Å². The number of nitrogens with two attached hydrogens (primary N) is 2. The van der Waals surface area contributed by atoms with Crippen LogP contribution < -0.4 is 11.5 Å². The second-order valence-electron chi connectivity index (χ2n) is 3.75. The van der Waals surface area contributed by atoms with Gasteiger partial charge in [0, 0.05) is 11.8 Å². The zero-order valence-electron chi connectivity index (χ0n) is 9.21. The molecule has 0 saturated carbocycles. The van der Waals surface area contributed by atoms with Gasteiger partial charge in [0.2, 0.25) is 5.95 Å². The van der Waals surface area contributed by atoms with Crippen LogP contribution in [-0.4, -0.2) is 19.6 Å². The first-order valence-corrected chi connectivity index (χ1v) is 5.18. The number of nitrogen functional groups attached to an aromatic ring is 2. The Kier molecular flexibility index (Phi) is 2.12. The summed E-state index contributed by atoms with van der Waals surface area (Å²) in [6, 6.07) is 5.95. The lowest BCUT2D eigenvalue weighted by atomic mass is 10.1. The largest absolute Gasteiger partial charge is 0.383 e. The highest BCUT2D eigenvalue weighted by Crippen LogP contribution is 2.25. The van der Waals surface area contributed by atoms with E-state index in [0.29, 0.717) is 17.2 Å². The molecule has 2 aromatic heterocycles. The lowest BCUT2D eigenvalue weighted by molar-refractivity contribution is 0.628. The zero-order valence-corrected chi connectivity index (χ0v) is 9.21. The van der Waals surface area contributed by atoms with Crippen LogP contribution in [0.3, 0.4) is 0 Å². The Balaban J connectivity index is 2.23. The molecule has 0 fully saturated rings. The average Bonchev–Trinajstić information content (AvgIpc) is 2.73. The van der Waals surface area contributed by atoms with Gasteiger partial charge in [0.25, 0.3) is 5.78 Å². The summed E-state index contributed by atoms with van der Waals surface area (Å²) in [4.78, 5) is 8.00. The Bertz CT molecular complexity index is 718. The van der Waals surface area contributed by atoms with Crippen molar-refractivity contribution in [3.63, 3.8) is 0 Å². The van der Waals surface area contributed by atoms with Gasteiger partial charge in [-0.15, -0.1) is 5.10 Å². The molecule has 0 atom stereocenters. The SMILES string of the molecule is Nc1nc2ncc(-c3ccc(F)cc3)c(N)n2n1. The number of hydrogen-bond acceptors (Lipinski definition) is 5. The predicted molar refractivity (Wildman–Crippen MR) is 65.0 cm³/mol. The van der Waals surface area contributed by atoms with E-state index in [-0.39, 0.29) is 11.8 Å². The number of fused-ring (bicyclic) bond motifs is 1. The molecule has 0 aliphatic heterocycles. The molecule has 18 heavy (non-hydrogen) atoms. The second-order valence-corrected chi connectivity index (χ2v) is 3.75. The predicted octanol–water partition coefficient (Wildman–Crippen LogP) is 1.09. The molecule has 4 N–H and O–H groups in total. The first-order valence-electron chi connectivity index (χ1n) is 5.18. The number of halogens is 1. The second kappa shape index (κ2) is 3.66. The van der Waals surface area contributed by atoms with Gasteiger partial charge in [-0.05, 0) is 17.7 Å². The van der Waals surface area contributed by atoms with Crippen LogP contribution in [0.15, 0.2) is 30.5 Å². The first kappa shape index (κ1) is 10.5. The van der Waals surface area contributed by atoms with Crippen LogP contribution in [0.1, 0.15) is 0 Å². The van der Waals surface area contributed by atoms with E-state index in [2.05, 4.69) is 15.1 Å². The minimum Gasteiger partial charge on any atom is -0.383 e. The van der Waals surface area contributed by atoms with Crippen molar-refractivity contribution in [2.75, 3.05) is 11.5 Å². The average molecular weight is 244 g/mol. The third kappa shape index (κ3) is 1.53. The lowest BCUT2D eigenvalue weighted by Gasteiger charge is -2.05. The van der Waals surface area contributed by atoms with E-state index in [4.69, 9.17) is 11.5 Å². The Hall–Kier alpha value is -2.70. The molecular formula is C11H9FN6. The fraction of sp³-hybridized carbons (Fsp3) is 0. The maximum Gasteiger partial charge on any atom is 0.255 e. The van der Waals surface area contributed by atoms with Crippen LogP contribution in [-0.2, 0) is 0 Å². The van der Waals surface area contributed by atoms with Crippen molar-refractivity contribution in [3.05, 3.63) is 36.3 Å². The molecule has 0 unspecified atom stereocenters. The summed E-state index contributed by atoms with van der Waals surface area (Å²) < 4.78 is 14.2. The molecule has 3 aromatic rings. The van der Waals surface area contributed by atoms with E-state index in [1.807, 2.05) is 0 Å². The Labute approximate surface area is 101 Å². The van der Waals surface area contributed by atoms with Gasteiger partial charge in [-0.2, -0.15) is 9.50 Å². The summed E-state index contributed by atoms with van der Waals surface area (Å²) in [6.45, 7) is 0. The maximum atomic E-state index is 12.9. The Morgan fingerprint density at radius 2 is 1.83 bits per heavy atom. The molecule has 90 valence electrons. The first-order chi connectivity index (χ1) is 8.65. The number of nitrogens with zero attached hydrogens (tertiary/aromatic N) is 4. The van der Waals surface area contributed by atoms with Crippen molar-refractivity contribution >= 4 is 17.5 Å². The van der Waals surface area contributed by atoms with Crippen molar-refractivity contribution in [3.8, 4) is 11.1 Å². The number of benzene rings is 1. The third-order valence-corrected chi connectivity index (χ3v) is 2.57. The van der Waals surface area contributed by atoms with Gasteiger partial charge in [0.05, 0.1) is 0 Å². The summed E-state index contributed by atoms with van der Waals surface area (Å²) in [5, 5.41) is 3.94. The van der Waals surface area contributed by atoms with E-state index in [9.17, 15) is 4.39 Å². The fourth-order valence-corrected chi connectivity index (χ4v) is 1.72. The van der Waals surface area contributed by atoms with Crippen molar-refractivity contribution in [2.24, 2.45) is 0 Å². The van der Waals surface area contributed by atoms with Crippen molar-refractivity contribution in [1.29, 1.82) is 0 Å². The van der Waals surface area contributed by atoms with Crippen molar-refractivity contribution in [2.45, 2.75) is 0 Å². The van der Waals surface area contributed by atoms with Crippen LogP contribution in [0.5, 0.6) is 0 Å². The van der Waals surface area contributed by atoms with Gasteiger partial charge < -0.3 is 11.5 Å². The normalized spacial score (nSPS) is 10.9. The molecule has 0 aliphatic rings. The van der Waals surface area contributed by atoms with Crippen LogP contribution in [0, 0.1) is 5.82 Å². The fourth-order valence-electron chi connectivity index (χ4n) is 1.72. The summed E-state index contributed by atoms with van der Waals surface area (Å²) in [7, 11) is 0. The summed E-state index contributed by atoms with van der Waals surface area (Å²) in [5.74, 6) is 0.480. The molecule has 6 nitrogen and oxygen atoms in total. The van der Waals surface area contributed by atoms with Gasteiger partial charge in [0.15, 0.2) is 0 Å². The van der Waals surface area contributed by atoms with Gasteiger partial charge in [-0.1, -0.05) is 12.1 Å². The van der Waals surface area contributed by atoms with E-state index >= 15 is 0 Å². The number of rotatable bonds is 1. The summed E-state index contributed by atoms with van der Waals surface area (Å²) >= 11 is 0. The summed E-state index contributed by atoms with van der Waals surface area (Å²) in [6.07, 6.45) is 1.56. The zero-order chi connectivity index (χ0) is 12.7. The number of anilines is 2. The van der Waals surface area contributed by atoms with Crippen LogP contribution in [0.4, 0.5) is 16.2 Å². The molecule has 0 radical (unpaired) electrons. The highest BCUT2D eigenvalue weighted by Gasteiger charge is 2.10. The molecule has 1 aromatic carbocycles. The van der Waals surface area contributed by atoms with E-state index in [1.165, 1.54) is 16.6 Å². The van der Waals surface area contributed by atoms with Gasteiger partial charge in [-0.25, -0.2) is 9.37 Å². The topological polar surface area (TPSA) is 95.1 Å². The summed E-state index contributed by atoms with van der Waals surface area (Å²) in [5.41, 5.74) is 12.8. The number of hydrogen-bond donors (Lipinski definition) is 2. The Morgan fingerprint density at radius 1 is 1.11 bits per heavy atom. The van der Waals surface area contributed by atoms with Crippen LogP contribution >= 0.6 is 0 Å². The molecule has 0 saturated heterocycles. The minimum atomic E-state index is -0.309. The Morgan fingerprint density at radius 3 is 2.56 bits per heavy atom. The molecular weight excluding hydrogens is 235 g/mol. The van der Waals surface area contributed by atoms with Crippen molar-refractivity contribution < 1.29 is 4.39 Å². The van der Waals surface area contributed by atoms with Crippen LogP contribution in [0.2, 0.25) is 0 Å². The maximum absolute atomic E-state index is 12.9. The van der Waals surface area contributed by atoms with Gasteiger partial charge in [0.1, 0.15) is 11.6 Å². The van der Waals surface area contributed by atoms with Gasteiger partial charge in [-0.3, -0.25) is 0 Å². The highest BCUT2D eigenvalue weighted by molar-refractivity contribution is 5.74.